The smallest absolute Gasteiger partial charge is 0.224 e. The molecule has 0 bridgehead atoms. The normalized spacial score (nSPS) is 10.6. The molecule has 21 heavy (non-hydrogen) atoms. The highest BCUT2D eigenvalue weighted by Gasteiger charge is 2.05. The molecule has 0 saturated carbocycles. The minimum atomic E-state index is 0.0324. The van der Waals surface area contributed by atoms with Crippen molar-refractivity contribution in [1.82, 2.24) is 9.55 Å². The molecule has 1 amide bonds. The highest BCUT2D eigenvalue weighted by Crippen LogP contribution is 2.10. The summed E-state index contributed by atoms with van der Waals surface area (Å²) in [6, 6.07) is 7.60. The van der Waals surface area contributed by atoms with Crippen molar-refractivity contribution >= 4 is 11.6 Å². The van der Waals surface area contributed by atoms with Crippen LogP contribution in [0.4, 0.5) is 5.69 Å². The molecule has 0 radical (unpaired) electrons. The molecular weight excluding hydrogens is 264 g/mol. The Hall–Kier alpha value is -2.14. The lowest BCUT2D eigenvalue weighted by Crippen LogP contribution is -2.12. The van der Waals surface area contributed by atoms with Gasteiger partial charge in [-0.05, 0) is 38.0 Å². The first kappa shape index (κ1) is 15.3. The number of nitrogens with two attached hydrogens (primary N) is 1. The number of carbonyl (C=O) groups excluding carboxylic acids is 1. The average molecular weight is 286 g/mol. The van der Waals surface area contributed by atoms with E-state index in [4.69, 9.17) is 5.73 Å². The number of aryl methyl sites for hydroxylation is 2. The first-order chi connectivity index (χ1) is 10.1. The van der Waals surface area contributed by atoms with Gasteiger partial charge in [-0.2, -0.15) is 0 Å². The number of aromatic nitrogens is 2. The maximum Gasteiger partial charge on any atom is 0.224 e. The molecule has 1 aromatic heterocycles. The van der Waals surface area contributed by atoms with Crippen molar-refractivity contribution in [3.8, 4) is 0 Å². The second kappa shape index (κ2) is 7.04. The van der Waals surface area contributed by atoms with Crippen LogP contribution in [0.5, 0.6) is 0 Å². The minimum Gasteiger partial charge on any atom is -0.335 e. The van der Waals surface area contributed by atoms with Gasteiger partial charge < -0.3 is 15.6 Å². The lowest BCUT2D eigenvalue weighted by molar-refractivity contribution is -0.116. The zero-order valence-electron chi connectivity index (χ0n) is 12.6. The van der Waals surface area contributed by atoms with E-state index in [0.717, 1.165) is 35.6 Å². The highest BCUT2D eigenvalue weighted by atomic mass is 16.1. The van der Waals surface area contributed by atoms with Gasteiger partial charge in [0.25, 0.3) is 0 Å². The van der Waals surface area contributed by atoms with Crippen LogP contribution in [0.2, 0.25) is 0 Å². The van der Waals surface area contributed by atoms with Crippen LogP contribution in [0.3, 0.4) is 0 Å². The molecular formula is C16H22N4O. The number of imidazole rings is 1. The van der Waals surface area contributed by atoms with Crippen LogP contribution in [-0.4, -0.2) is 15.5 Å². The van der Waals surface area contributed by atoms with Crippen molar-refractivity contribution in [2.45, 2.75) is 39.8 Å². The van der Waals surface area contributed by atoms with E-state index in [2.05, 4.69) is 14.9 Å². The van der Waals surface area contributed by atoms with Crippen LogP contribution in [0.25, 0.3) is 0 Å². The first-order valence-electron chi connectivity index (χ1n) is 7.17. The molecule has 1 aromatic carbocycles. The van der Waals surface area contributed by atoms with E-state index in [1.54, 1.807) is 0 Å². The van der Waals surface area contributed by atoms with Gasteiger partial charge >= 0.3 is 0 Å². The van der Waals surface area contributed by atoms with E-state index in [1.807, 2.05) is 44.4 Å². The van der Waals surface area contributed by atoms with Crippen LogP contribution in [0.1, 0.15) is 29.8 Å². The predicted octanol–water partition coefficient (Wildman–Crippen LogP) is 2.38. The molecule has 0 atom stereocenters. The maximum absolute atomic E-state index is 11.9. The molecule has 0 spiro atoms. The average Bonchev–Trinajstić information content (AvgIpc) is 2.80. The van der Waals surface area contributed by atoms with E-state index >= 15 is 0 Å². The summed E-state index contributed by atoms with van der Waals surface area (Å²) in [5, 5.41) is 2.89. The van der Waals surface area contributed by atoms with Gasteiger partial charge in [0, 0.05) is 30.9 Å². The summed E-state index contributed by atoms with van der Waals surface area (Å²) >= 11 is 0. The van der Waals surface area contributed by atoms with E-state index in [-0.39, 0.29) is 5.91 Å². The largest absolute Gasteiger partial charge is 0.335 e. The number of rotatable bonds is 6. The van der Waals surface area contributed by atoms with Crippen molar-refractivity contribution < 1.29 is 4.79 Å². The molecule has 3 N–H and O–H groups in total. The molecule has 0 saturated heterocycles. The van der Waals surface area contributed by atoms with Crippen molar-refractivity contribution in [3.05, 3.63) is 47.5 Å². The van der Waals surface area contributed by atoms with E-state index in [1.165, 1.54) is 0 Å². The molecule has 2 rings (SSSR count). The molecule has 5 heteroatoms. The molecule has 0 aliphatic rings. The third-order valence-electron chi connectivity index (χ3n) is 3.62. The van der Waals surface area contributed by atoms with Gasteiger partial charge in [0.05, 0.1) is 12.0 Å². The first-order valence-corrected chi connectivity index (χ1v) is 7.17. The standard InChI is InChI=1S/C16H22N4O/c1-12-13(2)20(11-18-12)9-3-4-16(21)19-15-7-5-14(10-17)6-8-15/h5-8,11H,3-4,9-10,17H2,1-2H3,(H,19,21). The Morgan fingerprint density at radius 2 is 2.00 bits per heavy atom. The van der Waals surface area contributed by atoms with Crippen molar-refractivity contribution in [2.24, 2.45) is 5.73 Å². The number of nitrogens with zero attached hydrogens (tertiary/aromatic N) is 2. The van der Waals surface area contributed by atoms with Gasteiger partial charge in [0.15, 0.2) is 0 Å². The number of amides is 1. The Morgan fingerprint density at radius 3 is 2.57 bits per heavy atom. The van der Waals surface area contributed by atoms with E-state index < -0.39 is 0 Å². The van der Waals surface area contributed by atoms with Gasteiger partial charge in [-0.25, -0.2) is 4.98 Å². The fourth-order valence-corrected chi connectivity index (χ4v) is 2.13. The summed E-state index contributed by atoms with van der Waals surface area (Å²) < 4.78 is 2.08. The Morgan fingerprint density at radius 1 is 1.29 bits per heavy atom. The monoisotopic (exact) mass is 286 g/mol. The fraction of sp³-hybridized carbons (Fsp3) is 0.375. The highest BCUT2D eigenvalue weighted by molar-refractivity contribution is 5.90. The van der Waals surface area contributed by atoms with Gasteiger partial charge in [-0.1, -0.05) is 12.1 Å². The van der Waals surface area contributed by atoms with Crippen molar-refractivity contribution in [3.63, 3.8) is 0 Å². The Bertz CT molecular complexity index is 601. The molecule has 0 unspecified atom stereocenters. The Labute approximate surface area is 125 Å². The van der Waals surface area contributed by atoms with E-state index in [9.17, 15) is 4.79 Å². The molecule has 2 aromatic rings. The lowest BCUT2D eigenvalue weighted by atomic mass is 10.2. The van der Waals surface area contributed by atoms with Crippen LogP contribution in [0, 0.1) is 13.8 Å². The SMILES string of the molecule is Cc1ncn(CCCC(=O)Nc2ccc(CN)cc2)c1C. The number of anilines is 1. The van der Waals surface area contributed by atoms with Gasteiger partial charge in [0.2, 0.25) is 5.91 Å². The van der Waals surface area contributed by atoms with E-state index in [0.29, 0.717) is 13.0 Å². The van der Waals surface area contributed by atoms with Crippen LogP contribution >= 0.6 is 0 Å². The summed E-state index contributed by atoms with van der Waals surface area (Å²) in [5.74, 6) is 0.0324. The molecule has 0 aliphatic heterocycles. The van der Waals surface area contributed by atoms with Gasteiger partial charge in [0.1, 0.15) is 0 Å². The van der Waals surface area contributed by atoms with Crippen LogP contribution in [-0.2, 0) is 17.9 Å². The van der Waals surface area contributed by atoms with Crippen molar-refractivity contribution in [2.75, 3.05) is 5.32 Å². The number of hydrogen-bond donors (Lipinski definition) is 2. The van der Waals surface area contributed by atoms with Crippen molar-refractivity contribution in [1.29, 1.82) is 0 Å². The number of nitrogens with one attached hydrogen (secondary N) is 1. The third kappa shape index (κ3) is 4.16. The topological polar surface area (TPSA) is 72.9 Å². The molecule has 0 aliphatic carbocycles. The number of hydrogen-bond acceptors (Lipinski definition) is 3. The Balaban J connectivity index is 1.78. The van der Waals surface area contributed by atoms with Gasteiger partial charge in [-0.3, -0.25) is 4.79 Å². The minimum absolute atomic E-state index is 0.0324. The molecule has 1 heterocycles. The molecule has 112 valence electrons. The maximum atomic E-state index is 11.9. The number of carbonyl (C=O) groups is 1. The predicted molar refractivity (Wildman–Crippen MR) is 83.9 cm³/mol. The zero-order chi connectivity index (χ0) is 15.2. The van der Waals surface area contributed by atoms with Gasteiger partial charge in [-0.15, -0.1) is 0 Å². The fourth-order valence-electron chi connectivity index (χ4n) is 2.13. The molecule has 5 nitrogen and oxygen atoms in total. The molecule has 0 fully saturated rings. The summed E-state index contributed by atoms with van der Waals surface area (Å²) in [4.78, 5) is 16.1. The summed E-state index contributed by atoms with van der Waals surface area (Å²) in [5.41, 5.74) is 9.61. The summed E-state index contributed by atoms with van der Waals surface area (Å²) in [6.45, 7) is 5.36. The summed E-state index contributed by atoms with van der Waals surface area (Å²) in [6.07, 6.45) is 3.12. The zero-order valence-corrected chi connectivity index (χ0v) is 12.6. The lowest BCUT2D eigenvalue weighted by Gasteiger charge is -2.07. The van der Waals surface area contributed by atoms with Crippen LogP contribution < -0.4 is 11.1 Å². The quantitative estimate of drug-likeness (QED) is 0.856. The third-order valence-corrected chi connectivity index (χ3v) is 3.62. The van der Waals surface area contributed by atoms with Crippen LogP contribution in [0.15, 0.2) is 30.6 Å². The number of benzene rings is 1. The Kier molecular flexibility index (Phi) is 5.11. The summed E-state index contributed by atoms with van der Waals surface area (Å²) in [7, 11) is 0. The second-order valence-electron chi connectivity index (χ2n) is 5.16. The second-order valence-corrected chi connectivity index (χ2v) is 5.16.